The molecular formula is C18H21N3O3S. The van der Waals surface area contributed by atoms with Crippen molar-refractivity contribution in [2.24, 2.45) is 0 Å². The number of carbonyl (C=O) groups excluding carboxylic acids is 3. The Morgan fingerprint density at radius 3 is 2.84 bits per heavy atom. The number of fused-ring (bicyclic) bond motifs is 1. The topological polar surface area (TPSA) is 69.7 Å². The monoisotopic (exact) mass is 359 g/mol. The van der Waals surface area contributed by atoms with Gasteiger partial charge in [-0.3, -0.25) is 14.4 Å². The van der Waals surface area contributed by atoms with Gasteiger partial charge in [-0.15, -0.1) is 11.8 Å². The molecule has 2 atom stereocenters. The molecule has 0 spiro atoms. The van der Waals surface area contributed by atoms with E-state index in [1.54, 1.807) is 9.80 Å². The minimum Gasteiger partial charge on any atom is -0.336 e. The lowest BCUT2D eigenvalue weighted by Crippen LogP contribution is -2.55. The zero-order valence-corrected chi connectivity index (χ0v) is 14.9. The molecule has 0 aliphatic carbocycles. The highest BCUT2D eigenvalue weighted by molar-refractivity contribution is 8.01. The molecule has 1 saturated heterocycles. The van der Waals surface area contributed by atoms with Crippen LogP contribution in [0.3, 0.4) is 0 Å². The molecule has 6 nitrogen and oxygen atoms in total. The van der Waals surface area contributed by atoms with Gasteiger partial charge in [0, 0.05) is 37.0 Å². The Bertz CT molecular complexity index is 721. The quantitative estimate of drug-likeness (QED) is 0.835. The van der Waals surface area contributed by atoms with Gasteiger partial charge in [0.25, 0.3) is 0 Å². The molecular weight excluding hydrogens is 338 g/mol. The first-order valence-electron chi connectivity index (χ1n) is 8.27. The number of benzene rings is 1. The van der Waals surface area contributed by atoms with Crippen LogP contribution in [-0.2, 0) is 14.4 Å². The highest BCUT2D eigenvalue weighted by Crippen LogP contribution is 2.36. The van der Waals surface area contributed by atoms with Crippen molar-refractivity contribution in [2.75, 3.05) is 25.0 Å². The van der Waals surface area contributed by atoms with Crippen molar-refractivity contribution in [1.82, 2.24) is 9.80 Å². The Morgan fingerprint density at radius 2 is 2.12 bits per heavy atom. The summed E-state index contributed by atoms with van der Waals surface area (Å²) < 4.78 is 0. The third-order valence-electron chi connectivity index (χ3n) is 4.50. The molecule has 7 heteroatoms. The standard InChI is InChI=1S/C18H21N3O3S/c1-3-16(22)20-8-9-21(12(2)11-20)17(23)10-15-18(24)19-13-6-4-5-7-14(13)25-15/h3-7,12,15H,1,8-11H2,2H3,(H,19,24)/t12-,15?/m0/s1. The molecule has 1 fully saturated rings. The maximum Gasteiger partial charge on any atom is 0.246 e. The van der Waals surface area contributed by atoms with E-state index >= 15 is 0 Å². The SMILES string of the molecule is C=CC(=O)N1CCN(C(=O)CC2Sc3ccccc3NC2=O)[C@@H](C)C1. The van der Waals surface area contributed by atoms with E-state index in [4.69, 9.17) is 0 Å². The summed E-state index contributed by atoms with van der Waals surface area (Å²) in [5.41, 5.74) is 0.797. The van der Waals surface area contributed by atoms with Crippen LogP contribution in [0, 0.1) is 0 Å². The predicted octanol–water partition coefficient (Wildman–Crippen LogP) is 1.73. The average Bonchev–Trinajstić information content (AvgIpc) is 2.61. The molecule has 132 valence electrons. The molecule has 2 heterocycles. The highest BCUT2D eigenvalue weighted by atomic mass is 32.2. The molecule has 1 unspecified atom stereocenters. The summed E-state index contributed by atoms with van der Waals surface area (Å²) in [5.74, 6) is -0.298. The summed E-state index contributed by atoms with van der Waals surface area (Å²) in [6.45, 7) is 6.89. The maximum atomic E-state index is 12.7. The zero-order chi connectivity index (χ0) is 18.0. The van der Waals surface area contributed by atoms with E-state index in [1.165, 1.54) is 17.8 Å². The third-order valence-corrected chi connectivity index (χ3v) is 5.78. The Morgan fingerprint density at radius 1 is 1.36 bits per heavy atom. The number of amides is 3. The number of rotatable bonds is 3. The summed E-state index contributed by atoms with van der Waals surface area (Å²) >= 11 is 1.43. The van der Waals surface area contributed by atoms with Crippen LogP contribution in [0.2, 0.25) is 0 Å². The molecule has 2 aliphatic heterocycles. The molecule has 0 saturated carbocycles. The highest BCUT2D eigenvalue weighted by Gasteiger charge is 2.34. The van der Waals surface area contributed by atoms with Crippen LogP contribution in [-0.4, -0.2) is 58.4 Å². The summed E-state index contributed by atoms with van der Waals surface area (Å²) in [6, 6.07) is 7.51. The Kier molecular flexibility index (Phi) is 5.13. The molecule has 25 heavy (non-hydrogen) atoms. The van der Waals surface area contributed by atoms with Crippen molar-refractivity contribution in [2.45, 2.75) is 29.5 Å². The number of carbonyl (C=O) groups is 3. The van der Waals surface area contributed by atoms with Gasteiger partial charge in [0.2, 0.25) is 17.7 Å². The fraction of sp³-hybridized carbons (Fsp3) is 0.389. The fourth-order valence-electron chi connectivity index (χ4n) is 3.16. The number of hydrogen-bond acceptors (Lipinski definition) is 4. The summed E-state index contributed by atoms with van der Waals surface area (Å²) in [5, 5.41) is 2.44. The van der Waals surface area contributed by atoms with E-state index < -0.39 is 5.25 Å². The van der Waals surface area contributed by atoms with Crippen LogP contribution in [0.4, 0.5) is 5.69 Å². The molecule has 1 aromatic carbocycles. The first kappa shape index (κ1) is 17.5. The van der Waals surface area contributed by atoms with Gasteiger partial charge in [-0.05, 0) is 25.1 Å². The first-order valence-corrected chi connectivity index (χ1v) is 9.15. The second-order valence-electron chi connectivity index (χ2n) is 6.22. The average molecular weight is 359 g/mol. The number of nitrogens with zero attached hydrogens (tertiary/aromatic N) is 2. The lowest BCUT2D eigenvalue weighted by molar-refractivity contribution is -0.140. The van der Waals surface area contributed by atoms with E-state index in [0.29, 0.717) is 19.6 Å². The molecule has 3 rings (SSSR count). The van der Waals surface area contributed by atoms with Crippen molar-refractivity contribution < 1.29 is 14.4 Å². The van der Waals surface area contributed by atoms with Crippen molar-refractivity contribution >= 4 is 35.2 Å². The first-order chi connectivity index (χ1) is 12.0. The molecule has 1 N–H and O–H groups in total. The van der Waals surface area contributed by atoms with E-state index in [-0.39, 0.29) is 30.2 Å². The van der Waals surface area contributed by atoms with E-state index in [2.05, 4.69) is 11.9 Å². The van der Waals surface area contributed by atoms with Gasteiger partial charge in [-0.1, -0.05) is 18.7 Å². The van der Waals surface area contributed by atoms with Crippen LogP contribution >= 0.6 is 11.8 Å². The smallest absolute Gasteiger partial charge is 0.246 e. The van der Waals surface area contributed by atoms with Crippen LogP contribution in [0.1, 0.15) is 13.3 Å². The van der Waals surface area contributed by atoms with Crippen molar-refractivity contribution in [3.05, 3.63) is 36.9 Å². The predicted molar refractivity (Wildman–Crippen MR) is 97.3 cm³/mol. The van der Waals surface area contributed by atoms with Gasteiger partial charge in [-0.25, -0.2) is 0 Å². The number of thioether (sulfide) groups is 1. The van der Waals surface area contributed by atoms with Crippen molar-refractivity contribution in [1.29, 1.82) is 0 Å². The molecule has 2 aliphatic rings. The van der Waals surface area contributed by atoms with Crippen LogP contribution < -0.4 is 5.32 Å². The van der Waals surface area contributed by atoms with Crippen molar-refractivity contribution in [3.63, 3.8) is 0 Å². The number of anilines is 1. The summed E-state index contributed by atoms with van der Waals surface area (Å²) in [7, 11) is 0. The second-order valence-corrected chi connectivity index (χ2v) is 7.47. The Labute approximate surface area is 151 Å². The minimum atomic E-state index is -0.428. The van der Waals surface area contributed by atoms with Crippen molar-refractivity contribution in [3.8, 4) is 0 Å². The normalized spacial score (nSPS) is 22.8. The lowest BCUT2D eigenvalue weighted by atomic mass is 10.1. The lowest BCUT2D eigenvalue weighted by Gasteiger charge is -2.40. The van der Waals surface area contributed by atoms with E-state index in [0.717, 1.165) is 10.6 Å². The minimum absolute atomic E-state index is 0.0507. The fourth-order valence-corrected chi connectivity index (χ4v) is 4.26. The summed E-state index contributed by atoms with van der Waals surface area (Å²) in [4.78, 5) is 41.1. The van der Waals surface area contributed by atoms with Crippen LogP contribution in [0.5, 0.6) is 0 Å². The number of piperazine rings is 1. The molecule has 1 aromatic rings. The van der Waals surface area contributed by atoms with Gasteiger partial charge < -0.3 is 15.1 Å². The third kappa shape index (κ3) is 3.71. The summed E-state index contributed by atoms with van der Waals surface area (Å²) in [6.07, 6.45) is 1.45. The Hall–Kier alpha value is -2.28. The molecule has 3 amide bonds. The van der Waals surface area contributed by atoms with Gasteiger partial charge in [0.15, 0.2) is 0 Å². The van der Waals surface area contributed by atoms with E-state index in [1.807, 2.05) is 31.2 Å². The molecule has 0 radical (unpaired) electrons. The largest absolute Gasteiger partial charge is 0.336 e. The van der Waals surface area contributed by atoms with Crippen LogP contribution in [0.15, 0.2) is 41.8 Å². The van der Waals surface area contributed by atoms with Gasteiger partial charge in [-0.2, -0.15) is 0 Å². The van der Waals surface area contributed by atoms with E-state index in [9.17, 15) is 14.4 Å². The Balaban J connectivity index is 1.62. The zero-order valence-electron chi connectivity index (χ0n) is 14.1. The number of para-hydroxylation sites is 1. The second kappa shape index (κ2) is 7.31. The number of hydrogen-bond donors (Lipinski definition) is 1. The van der Waals surface area contributed by atoms with Gasteiger partial charge in [0.05, 0.1) is 10.9 Å². The van der Waals surface area contributed by atoms with Gasteiger partial charge >= 0.3 is 0 Å². The number of nitrogens with one attached hydrogen (secondary N) is 1. The molecule has 0 bridgehead atoms. The van der Waals surface area contributed by atoms with Crippen LogP contribution in [0.25, 0.3) is 0 Å². The molecule has 0 aromatic heterocycles. The maximum absolute atomic E-state index is 12.7. The van der Waals surface area contributed by atoms with Gasteiger partial charge in [0.1, 0.15) is 0 Å².